The second-order valence-corrected chi connectivity index (χ2v) is 6.72. The molecular weight excluding hydrogens is 348 g/mol. The van der Waals surface area contributed by atoms with Crippen molar-refractivity contribution in [2.45, 2.75) is 20.8 Å². The van der Waals surface area contributed by atoms with Crippen LogP contribution in [-0.2, 0) is 0 Å². The van der Waals surface area contributed by atoms with E-state index in [4.69, 9.17) is 4.74 Å². The molecule has 0 fully saturated rings. The molecule has 0 radical (unpaired) electrons. The molecule has 0 atom stereocenters. The van der Waals surface area contributed by atoms with E-state index in [1.807, 2.05) is 43.5 Å². The number of ether oxygens (including phenoxy) is 1. The van der Waals surface area contributed by atoms with E-state index in [0.29, 0.717) is 5.13 Å². The lowest BCUT2D eigenvalue weighted by Gasteiger charge is -1.99. The maximum Gasteiger partial charge on any atom is 0.203 e. The Morgan fingerprint density at radius 3 is 2.65 bits per heavy atom. The average molecular weight is 368 g/mol. The summed E-state index contributed by atoms with van der Waals surface area (Å²) in [6.45, 7) is 5.41. The van der Waals surface area contributed by atoms with Gasteiger partial charge in [0.15, 0.2) is 5.78 Å². The fourth-order valence-corrected chi connectivity index (χ4v) is 3.48. The summed E-state index contributed by atoms with van der Waals surface area (Å²) in [6.07, 6.45) is 1.72. The molecule has 0 unspecified atom stereocenters. The van der Waals surface area contributed by atoms with Gasteiger partial charge >= 0.3 is 0 Å². The zero-order valence-electron chi connectivity index (χ0n) is 15.1. The van der Waals surface area contributed by atoms with Gasteiger partial charge in [0.1, 0.15) is 11.4 Å². The quantitative estimate of drug-likeness (QED) is 0.384. The molecule has 134 valence electrons. The molecule has 7 heteroatoms. The zero-order valence-corrected chi connectivity index (χ0v) is 15.9. The van der Waals surface area contributed by atoms with Crippen molar-refractivity contribution in [3.05, 3.63) is 52.0 Å². The van der Waals surface area contributed by atoms with Gasteiger partial charge in [0, 0.05) is 16.6 Å². The first-order valence-corrected chi connectivity index (χ1v) is 8.96. The van der Waals surface area contributed by atoms with Gasteiger partial charge in [-0.25, -0.2) is 4.98 Å². The third-order valence-electron chi connectivity index (χ3n) is 4.04. The molecule has 1 aromatic carbocycles. The lowest BCUT2D eigenvalue weighted by molar-refractivity contribution is 0.101. The minimum absolute atomic E-state index is 0.0557. The van der Waals surface area contributed by atoms with Gasteiger partial charge in [-0.05, 0) is 56.2 Å². The van der Waals surface area contributed by atoms with E-state index >= 15 is 0 Å². The molecule has 0 bridgehead atoms. The van der Waals surface area contributed by atoms with Gasteiger partial charge in [0.25, 0.3) is 0 Å². The van der Waals surface area contributed by atoms with Crippen molar-refractivity contribution < 1.29 is 9.53 Å². The third kappa shape index (κ3) is 3.67. The average Bonchev–Trinajstić information content (AvgIpc) is 3.19. The van der Waals surface area contributed by atoms with E-state index in [9.17, 15) is 4.79 Å². The number of Topliss-reactive ketones (excluding diaryl/α,β-unsaturated/α-hetero) is 1. The normalized spacial score (nSPS) is 11.1. The number of carbonyl (C=O) groups is 1. The van der Waals surface area contributed by atoms with E-state index < -0.39 is 0 Å². The summed E-state index contributed by atoms with van der Waals surface area (Å²) in [6, 6.07) is 7.61. The minimum atomic E-state index is 0.0557. The van der Waals surface area contributed by atoms with Gasteiger partial charge in [0.05, 0.1) is 19.0 Å². The zero-order chi connectivity index (χ0) is 18.7. The van der Waals surface area contributed by atoms with Gasteiger partial charge in [0.2, 0.25) is 5.13 Å². The van der Waals surface area contributed by atoms with Crippen LogP contribution in [0.25, 0.3) is 11.4 Å². The Kier molecular flexibility index (Phi) is 5.18. The number of carbonyl (C=O) groups excluding carboxylic acids is 1. The number of anilines is 1. The van der Waals surface area contributed by atoms with Crippen molar-refractivity contribution in [2.24, 2.45) is 5.10 Å². The number of aromatic nitrogens is 2. The summed E-state index contributed by atoms with van der Waals surface area (Å²) in [4.78, 5) is 19.6. The molecule has 3 rings (SSSR count). The minimum Gasteiger partial charge on any atom is -0.497 e. The number of hydrazone groups is 1. The van der Waals surface area contributed by atoms with E-state index in [0.717, 1.165) is 39.5 Å². The highest BCUT2D eigenvalue weighted by Gasteiger charge is 2.17. The molecule has 2 aromatic heterocycles. The van der Waals surface area contributed by atoms with E-state index in [1.165, 1.54) is 11.3 Å². The van der Waals surface area contributed by atoms with Crippen LogP contribution in [0.4, 0.5) is 5.13 Å². The van der Waals surface area contributed by atoms with Crippen molar-refractivity contribution in [3.8, 4) is 17.1 Å². The van der Waals surface area contributed by atoms with Crippen LogP contribution in [-0.4, -0.2) is 29.1 Å². The Balaban J connectivity index is 1.73. The first kappa shape index (κ1) is 17.9. The lowest BCUT2D eigenvalue weighted by atomic mass is 10.1. The summed E-state index contributed by atoms with van der Waals surface area (Å²) in [5, 5.41) is 6.83. The van der Waals surface area contributed by atoms with Gasteiger partial charge in [-0.2, -0.15) is 5.10 Å². The highest BCUT2D eigenvalue weighted by Crippen LogP contribution is 2.30. The van der Waals surface area contributed by atoms with Crippen molar-refractivity contribution in [1.82, 2.24) is 9.97 Å². The summed E-state index contributed by atoms with van der Waals surface area (Å²) < 4.78 is 5.13. The standard InChI is InChI=1S/C19H20N4O2S/c1-11-17(13(3)24)12(2)21-18(11)16-10-26-19(22-16)23-20-9-14-5-7-15(25-4)8-6-14/h5-10,21H,1-4H3,(H,22,23)/b20-9-. The maximum absolute atomic E-state index is 11.8. The number of hydrogen-bond acceptors (Lipinski definition) is 6. The summed E-state index contributed by atoms with van der Waals surface area (Å²) in [5.74, 6) is 0.862. The van der Waals surface area contributed by atoms with E-state index in [-0.39, 0.29) is 5.78 Å². The third-order valence-corrected chi connectivity index (χ3v) is 4.79. The van der Waals surface area contributed by atoms with Crippen LogP contribution in [0.15, 0.2) is 34.7 Å². The number of rotatable bonds is 6. The molecule has 3 aromatic rings. The fourth-order valence-electron chi connectivity index (χ4n) is 2.83. The number of aryl methyl sites for hydroxylation is 1. The SMILES string of the molecule is COc1ccc(/C=N\Nc2nc(-c3[nH]c(C)c(C(C)=O)c3C)cs2)cc1. The van der Waals surface area contributed by atoms with E-state index in [1.54, 1.807) is 20.2 Å². The van der Waals surface area contributed by atoms with Crippen LogP contribution in [0.1, 0.15) is 34.1 Å². The second kappa shape index (κ2) is 7.53. The van der Waals surface area contributed by atoms with Crippen LogP contribution < -0.4 is 10.2 Å². The number of benzene rings is 1. The number of nitrogens with one attached hydrogen (secondary N) is 2. The smallest absolute Gasteiger partial charge is 0.203 e. The van der Waals surface area contributed by atoms with Crippen LogP contribution in [0.3, 0.4) is 0 Å². The largest absolute Gasteiger partial charge is 0.497 e. The van der Waals surface area contributed by atoms with Crippen molar-refractivity contribution in [3.63, 3.8) is 0 Å². The molecule has 2 heterocycles. The molecule has 0 saturated heterocycles. The molecule has 6 nitrogen and oxygen atoms in total. The number of aromatic amines is 1. The van der Waals surface area contributed by atoms with Gasteiger partial charge < -0.3 is 9.72 Å². The molecule has 0 aliphatic rings. The van der Waals surface area contributed by atoms with Gasteiger partial charge in [-0.15, -0.1) is 11.3 Å². The Labute approximate surface area is 155 Å². The Bertz CT molecular complexity index is 955. The molecular formula is C19H20N4O2S. The van der Waals surface area contributed by atoms with Crippen molar-refractivity contribution in [2.75, 3.05) is 12.5 Å². The number of thiazole rings is 1. The van der Waals surface area contributed by atoms with Crippen LogP contribution in [0.2, 0.25) is 0 Å². The lowest BCUT2D eigenvalue weighted by Crippen LogP contribution is -1.95. The Morgan fingerprint density at radius 2 is 2.04 bits per heavy atom. The van der Waals surface area contributed by atoms with Crippen molar-refractivity contribution in [1.29, 1.82) is 0 Å². The predicted molar refractivity (Wildman–Crippen MR) is 106 cm³/mol. The Hall–Kier alpha value is -2.93. The number of hydrogen-bond donors (Lipinski definition) is 2. The molecule has 26 heavy (non-hydrogen) atoms. The summed E-state index contributed by atoms with van der Waals surface area (Å²) in [5.41, 5.74) is 8.09. The first-order valence-electron chi connectivity index (χ1n) is 8.08. The van der Waals surface area contributed by atoms with Crippen LogP contribution in [0, 0.1) is 13.8 Å². The highest BCUT2D eigenvalue weighted by atomic mass is 32.1. The molecule has 0 saturated carbocycles. The molecule has 0 aliphatic carbocycles. The predicted octanol–water partition coefficient (Wildman–Crippen LogP) is 4.41. The fraction of sp³-hybridized carbons (Fsp3) is 0.211. The highest BCUT2D eigenvalue weighted by molar-refractivity contribution is 7.14. The van der Waals surface area contributed by atoms with Crippen molar-refractivity contribution >= 4 is 28.5 Å². The molecule has 0 spiro atoms. The monoisotopic (exact) mass is 368 g/mol. The Morgan fingerprint density at radius 1 is 1.31 bits per heavy atom. The van der Waals surface area contributed by atoms with Gasteiger partial charge in [-0.3, -0.25) is 10.2 Å². The molecule has 0 amide bonds. The van der Waals surface area contributed by atoms with Crippen LogP contribution in [0.5, 0.6) is 5.75 Å². The second-order valence-electron chi connectivity index (χ2n) is 5.86. The number of methoxy groups -OCH3 is 1. The topological polar surface area (TPSA) is 79.4 Å². The first-order chi connectivity index (χ1) is 12.5. The number of H-pyrrole nitrogens is 1. The molecule has 0 aliphatic heterocycles. The number of nitrogens with zero attached hydrogens (tertiary/aromatic N) is 2. The maximum atomic E-state index is 11.8. The summed E-state index contributed by atoms with van der Waals surface area (Å²) in [7, 11) is 1.64. The van der Waals surface area contributed by atoms with Gasteiger partial charge in [-0.1, -0.05) is 0 Å². The molecule has 2 N–H and O–H groups in total. The van der Waals surface area contributed by atoms with Crippen LogP contribution >= 0.6 is 11.3 Å². The number of ketones is 1. The van der Waals surface area contributed by atoms with E-state index in [2.05, 4.69) is 20.5 Å². The summed E-state index contributed by atoms with van der Waals surface area (Å²) >= 11 is 1.46.